The molecular formula is C21H27N3O3S. The van der Waals surface area contributed by atoms with E-state index in [-0.39, 0.29) is 5.56 Å². The van der Waals surface area contributed by atoms with Crippen molar-refractivity contribution >= 4 is 11.8 Å². The Labute approximate surface area is 170 Å². The molecule has 150 valence electrons. The smallest absolute Gasteiger partial charge is 0.255 e. The Morgan fingerprint density at radius 1 is 1.21 bits per heavy atom. The maximum atomic E-state index is 12.4. The summed E-state index contributed by atoms with van der Waals surface area (Å²) in [5, 5.41) is 0.641. The summed E-state index contributed by atoms with van der Waals surface area (Å²) in [4.78, 5) is 22.5. The van der Waals surface area contributed by atoms with E-state index in [1.54, 1.807) is 32.9 Å². The van der Waals surface area contributed by atoms with Crippen molar-refractivity contribution in [2.75, 3.05) is 39.6 Å². The third-order valence-corrected chi connectivity index (χ3v) is 5.85. The number of nitrogens with zero attached hydrogens (tertiary/aromatic N) is 2. The lowest BCUT2D eigenvalue weighted by Crippen LogP contribution is -2.32. The highest BCUT2D eigenvalue weighted by molar-refractivity contribution is 7.99. The largest absolute Gasteiger partial charge is 0.493 e. The Hall–Kier alpha value is -2.25. The highest BCUT2D eigenvalue weighted by Gasteiger charge is 2.15. The number of piperidine rings is 1. The molecule has 0 atom stereocenters. The minimum Gasteiger partial charge on any atom is -0.493 e. The Balaban J connectivity index is 1.75. The van der Waals surface area contributed by atoms with Crippen molar-refractivity contribution in [2.45, 2.75) is 24.9 Å². The summed E-state index contributed by atoms with van der Waals surface area (Å²) in [5.74, 6) is 2.14. The molecule has 0 spiro atoms. The van der Waals surface area contributed by atoms with E-state index in [1.165, 1.54) is 5.57 Å². The highest BCUT2D eigenvalue weighted by atomic mass is 32.2. The maximum Gasteiger partial charge on any atom is 0.255 e. The van der Waals surface area contributed by atoms with Gasteiger partial charge in [-0.05, 0) is 38.0 Å². The zero-order chi connectivity index (χ0) is 20.1. The maximum absolute atomic E-state index is 12.4. The third kappa shape index (κ3) is 4.77. The second-order valence-corrected chi connectivity index (χ2v) is 7.94. The van der Waals surface area contributed by atoms with Crippen LogP contribution in [0.4, 0.5) is 0 Å². The average molecular weight is 402 g/mol. The Morgan fingerprint density at radius 2 is 1.93 bits per heavy atom. The molecular weight excluding hydrogens is 374 g/mol. The molecule has 6 nitrogen and oxygen atoms in total. The molecule has 1 fully saturated rings. The van der Waals surface area contributed by atoms with E-state index < -0.39 is 0 Å². The van der Waals surface area contributed by atoms with E-state index in [9.17, 15) is 4.79 Å². The summed E-state index contributed by atoms with van der Waals surface area (Å²) in [6.07, 6.45) is 2.15. The summed E-state index contributed by atoms with van der Waals surface area (Å²) in [5.41, 5.74) is 3.31. The van der Waals surface area contributed by atoms with Crippen LogP contribution < -0.4 is 15.0 Å². The van der Waals surface area contributed by atoms with Gasteiger partial charge in [-0.1, -0.05) is 23.9 Å². The topological polar surface area (TPSA) is 67.5 Å². The molecule has 0 radical (unpaired) electrons. The van der Waals surface area contributed by atoms with Crippen LogP contribution >= 0.6 is 11.8 Å². The SMILES string of the molecule is C=C1CCN(CCSc2nc(-c3ccc(OC)c(OC)c3)c(C)c(=O)[nH]2)CC1. The van der Waals surface area contributed by atoms with Crippen molar-refractivity contribution < 1.29 is 9.47 Å². The Morgan fingerprint density at radius 3 is 2.61 bits per heavy atom. The first kappa shape index (κ1) is 20.5. The van der Waals surface area contributed by atoms with Crippen molar-refractivity contribution in [2.24, 2.45) is 0 Å². The number of H-pyrrole nitrogens is 1. The minimum atomic E-state index is -0.114. The van der Waals surface area contributed by atoms with Crippen molar-refractivity contribution in [3.05, 3.63) is 46.3 Å². The van der Waals surface area contributed by atoms with Gasteiger partial charge in [-0.3, -0.25) is 4.79 Å². The number of hydrogen-bond acceptors (Lipinski definition) is 6. The van der Waals surface area contributed by atoms with Crippen LogP contribution in [0.3, 0.4) is 0 Å². The lowest BCUT2D eigenvalue weighted by atomic mass is 10.1. The zero-order valence-corrected chi connectivity index (χ0v) is 17.5. The molecule has 1 aliphatic rings. The van der Waals surface area contributed by atoms with Gasteiger partial charge in [-0.25, -0.2) is 4.98 Å². The Bertz CT molecular complexity index is 900. The van der Waals surface area contributed by atoms with Gasteiger partial charge in [0.2, 0.25) is 0 Å². The van der Waals surface area contributed by atoms with E-state index in [2.05, 4.69) is 16.5 Å². The molecule has 0 saturated carbocycles. The number of likely N-dealkylation sites (tertiary alicyclic amines) is 1. The van der Waals surface area contributed by atoms with Crippen molar-refractivity contribution in [3.8, 4) is 22.8 Å². The van der Waals surface area contributed by atoms with E-state index >= 15 is 0 Å². The summed E-state index contributed by atoms with van der Waals surface area (Å²) in [6, 6.07) is 5.57. The van der Waals surface area contributed by atoms with Gasteiger partial charge in [0.15, 0.2) is 16.7 Å². The van der Waals surface area contributed by atoms with Crippen molar-refractivity contribution in [1.29, 1.82) is 0 Å². The molecule has 0 unspecified atom stereocenters. The van der Waals surface area contributed by atoms with E-state index in [1.807, 2.05) is 18.2 Å². The second kappa shape index (κ2) is 9.30. The van der Waals surface area contributed by atoms with E-state index in [0.29, 0.717) is 27.9 Å². The molecule has 2 heterocycles. The fraction of sp³-hybridized carbons (Fsp3) is 0.429. The molecule has 7 heteroatoms. The highest BCUT2D eigenvalue weighted by Crippen LogP contribution is 2.32. The number of thioether (sulfide) groups is 1. The van der Waals surface area contributed by atoms with Crippen LogP contribution in [-0.4, -0.2) is 54.5 Å². The molecule has 1 aromatic carbocycles. The first-order chi connectivity index (χ1) is 13.5. The lowest BCUT2D eigenvalue weighted by Gasteiger charge is -2.27. The quantitative estimate of drug-likeness (QED) is 0.435. The summed E-state index contributed by atoms with van der Waals surface area (Å²) >= 11 is 1.58. The van der Waals surface area contributed by atoms with Crippen LogP contribution in [0.25, 0.3) is 11.3 Å². The summed E-state index contributed by atoms with van der Waals surface area (Å²) < 4.78 is 10.7. The lowest BCUT2D eigenvalue weighted by molar-refractivity contribution is 0.272. The molecule has 1 aliphatic heterocycles. The van der Waals surface area contributed by atoms with Crippen molar-refractivity contribution in [3.63, 3.8) is 0 Å². The third-order valence-electron chi connectivity index (χ3n) is 5.00. The summed E-state index contributed by atoms with van der Waals surface area (Å²) in [7, 11) is 3.19. The number of ether oxygens (including phenoxy) is 2. The normalized spacial score (nSPS) is 14.9. The molecule has 0 bridgehead atoms. The van der Waals surface area contributed by atoms with Gasteiger partial charge in [0.05, 0.1) is 19.9 Å². The fourth-order valence-corrected chi connectivity index (χ4v) is 4.07. The molecule has 3 rings (SSSR count). The minimum absolute atomic E-state index is 0.114. The van der Waals surface area contributed by atoms with Crippen LogP contribution in [0.1, 0.15) is 18.4 Å². The molecule has 1 aromatic heterocycles. The first-order valence-electron chi connectivity index (χ1n) is 9.37. The standard InChI is InChI=1S/C21H27N3O3S/c1-14-7-9-24(10-8-14)11-12-28-21-22-19(15(2)20(25)23-21)16-5-6-17(26-3)18(13-16)27-4/h5-6,13H,1,7-12H2,2-4H3,(H,22,23,25). The van der Waals surface area contributed by atoms with Gasteiger partial charge in [0.25, 0.3) is 5.56 Å². The number of hydrogen-bond donors (Lipinski definition) is 1. The number of nitrogens with one attached hydrogen (secondary N) is 1. The van der Waals surface area contributed by atoms with Gasteiger partial charge < -0.3 is 19.4 Å². The molecule has 1 saturated heterocycles. The van der Waals surface area contributed by atoms with Gasteiger partial charge in [0, 0.05) is 36.5 Å². The van der Waals surface area contributed by atoms with E-state index in [4.69, 9.17) is 14.5 Å². The number of rotatable bonds is 7. The summed E-state index contributed by atoms with van der Waals surface area (Å²) in [6.45, 7) is 8.94. The van der Waals surface area contributed by atoms with Crippen LogP contribution in [0.5, 0.6) is 11.5 Å². The molecule has 0 amide bonds. The van der Waals surface area contributed by atoms with Crippen LogP contribution in [0, 0.1) is 6.92 Å². The van der Waals surface area contributed by atoms with Crippen LogP contribution in [-0.2, 0) is 0 Å². The Kier molecular flexibility index (Phi) is 6.80. The van der Waals surface area contributed by atoms with Gasteiger partial charge in [-0.2, -0.15) is 0 Å². The fourth-order valence-electron chi connectivity index (χ4n) is 3.21. The number of benzene rings is 1. The van der Waals surface area contributed by atoms with Gasteiger partial charge >= 0.3 is 0 Å². The average Bonchev–Trinajstić information content (AvgIpc) is 2.71. The monoisotopic (exact) mass is 401 g/mol. The molecule has 0 aliphatic carbocycles. The number of aromatic nitrogens is 2. The van der Waals surface area contributed by atoms with Crippen molar-refractivity contribution in [1.82, 2.24) is 14.9 Å². The molecule has 2 aromatic rings. The van der Waals surface area contributed by atoms with E-state index in [0.717, 1.165) is 43.8 Å². The predicted molar refractivity (Wildman–Crippen MR) is 114 cm³/mol. The van der Waals surface area contributed by atoms with Gasteiger partial charge in [0.1, 0.15) is 0 Å². The number of methoxy groups -OCH3 is 2. The molecule has 1 N–H and O–H groups in total. The zero-order valence-electron chi connectivity index (χ0n) is 16.7. The predicted octanol–water partition coefficient (Wildman–Crippen LogP) is 3.51. The first-order valence-corrected chi connectivity index (χ1v) is 10.4. The van der Waals surface area contributed by atoms with Crippen LogP contribution in [0.2, 0.25) is 0 Å². The second-order valence-electron chi connectivity index (χ2n) is 6.85. The number of aromatic amines is 1. The van der Waals surface area contributed by atoms with Gasteiger partial charge in [-0.15, -0.1) is 0 Å². The van der Waals surface area contributed by atoms with Crippen LogP contribution in [0.15, 0.2) is 40.3 Å². The molecule has 28 heavy (non-hydrogen) atoms.